The summed E-state index contributed by atoms with van der Waals surface area (Å²) in [6, 6.07) is 12.3. The van der Waals surface area contributed by atoms with Gasteiger partial charge in [-0.05, 0) is 60.9 Å². The van der Waals surface area contributed by atoms with Gasteiger partial charge in [-0.25, -0.2) is 17.8 Å². The zero-order chi connectivity index (χ0) is 24.5. The van der Waals surface area contributed by atoms with E-state index < -0.39 is 38.6 Å². The largest absolute Gasteiger partial charge is 0.439 e. The molecule has 34 heavy (non-hydrogen) atoms. The van der Waals surface area contributed by atoms with Crippen LogP contribution in [0.5, 0.6) is 11.6 Å². The summed E-state index contributed by atoms with van der Waals surface area (Å²) in [6.07, 6.45) is -3.00. The lowest BCUT2D eigenvalue weighted by atomic mass is 9.80. The van der Waals surface area contributed by atoms with Crippen molar-refractivity contribution in [3.63, 3.8) is 0 Å². The van der Waals surface area contributed by atoms with Crippen molar-refractivity contribution in [1.29, 1.82) is 0 Å². The molecule has 1 fully saturated rings. The van der Waals surface area contributed by atoms with Crippen LogP contribution in [0, 0.1) is 11.7 Å². The van der Waals surface area contributed by atoms with E-state index >= 15 is 0 Å². The number of nitrogens with zero attached hydrogens (tertiary/aromatic N) is 1. The van der Waals surface area contributed by atoms with Crippen molar-refractivity contribution in [3.05, 3.63) is 83.8 Å². The summed E-state index contributed by atoms with van der Waals surface area (Å²) in [7, 11) is -3.97. The average Bonchev–Trinajstić information content (AvgIpc) is 2.75. The van der Waals surface area contributed by atoms with Crippen molar-refractivity contribution < 1.29 is 35.5 Å². The number of ketones is 1. The Morgan fingerprint density at radius 2 is 1.74 bits per heavy atom. The summed E-state index contributed by atoms with van der Waals surface area (Å²) in [5.41, 5.74) is -0.416. The fourth-order valence-electron chi connectivity index (χ4n) is 3.67. The van der Waals surface area contributed by atoms with Gasteiger partial charge in [0.2, 0.25) is 5.88 Å². The molecule has 1 saturated carbocycles. The number of alkyl halides is 3. The van der Waals surface area contributed by atoms with Crippen LogP contribution in [0.3, 0.4) is 0 Å². The molecule has 3 aromatic rings. The summed E-state index contributed by atoms with van der Waals surface area (Å²) in [4.78, 5) is 16.3. The molecule has 1 heterocycles. The summed E-state index contributed by atoms with van der Waals surface area (Å²) < 4.78 is 82.6. The van der Waals surface area contributed by atoms with E-state index in [4.69, 9.17) is 4.74 Å². The molecule has 0 atom stereocenters. The number of rotatable bonds is 7. The normalized spacial score (nSPS) is 18.2. The maximum Gasteiger partial charge on any atom is 0.416 e. The third-order valence-electron chi connectivity index (χ3n) is 5.69. The summed E-state index contributed by atoms with van der Waals surface area (Å²) in [5.74, 6) is -0.376. The number of carbonyl (C=O) groups excluding carboxylic acids is 1. The smallest absolute Gasteiger partial charge is 0.416 e. The fraction of sp³-hybridized carbons (Fsp3) is 0.250. The van der Waals surface area contributed by atoms with Crippen LogP contribution in [0.25, 0.3) is 0 Å². The molecule has 0 saturated heterocycles. The number of Topliss-reactive ketones (excluding diaryl/α,β-unsaturated/α-hetero) is 1. The predicted molar refractivity (Wildman–Crippen MR) is 115 cm³/mol. The molecule has 0 unspecified atom stereocenters. The molecule has 1 aliphatic rings. The second-order valence-corrected chi connectivity index (χ2v) is 10.3. The Hall–Kier alpha value is -3.27. The highest BCUT2D eigenvalue weighted by molar-refractivity contribution is 7.92. The van der Waals surface area contributed by atoms with E-state index in [0.717, 1.165) is 18.2 Å². The Morgan fingerprint density at radius 3 is 2.35 bits per heavy atom. The van der Waals surface area contributed by atoms with Gasteiger partial charge < -0.3 is 4.74 Å². The van der Waals surface area contributed by atoms with Gasteiger partial charge in [-0.15, -0.1) is 0 Å². The van der Waals surface area contributed by atoms with Crippen LogP contribution in [0.2, 0.25) is 0 Å². The SMILES string of the molecule is O=C(Cc1ccc(Oc2ccc(F)cc2)nc1)C1CC(S(=O)(=O)c2cccc(C(F)(F)F)c2)C1. The number of carbonyl (C=O) groups is 1. The summed E-state index contributed by atoms with van der Waals surface area (Å²) in [6.45, 7) is 0. The van der Waals surface area contributed by atoms with Gasteiger partial charge in [0.05, 0.1) is 15.7 Å². The highest BCUT2D eigenvalue weighted by Crippen LogP contribution is 2.39. The second kappa shape index (κ2) is 9.17. The molecule has 5 nitrogen and oxygen atoms in total. The first-order valence-corrected chi connectivity index (χ1v) is 11.9. The number of pyridine rings is 1. The summed E-state index contributed by atoms with van der Waals surface area (Å²) in [5, 5.41) is -0.894. The average molecular weight is 493 g/mol. The zero-order valence-electron chi connectivity index (χ0n) is 17.6. The molecule has 0 amide bonds. The minimum atomic E-state index is -4.64. The third kappa shape index (κ3) is 5.27. The molecule has 1 aromatic heterocycles. The van der Waals surface area contributed by atoms with Crippen LogP contribution in [0.1, 0.15) is 24.0 Å². The zero-order valence-corrected chi connectivity index (χ0v) is 18.4. The maximum absolute atomic E-state index is 13.0. The first-order valence-electron chi connectivity index (χ1n) is 10.3. The van der Waals surface area contributed by atoms with Crippen LogP contribution in [0.4, 0.5) is 17.6 Å². The number of aromatic nitrogens is 1. The van der Waals surface area contributed by atoms with Crippen molar-refractivity contribution in [2.75, 3.05) is 0 Å². The van der Waals surface area contributed by atoms with E-state index in [-0.39, 0.29) is 35.8 Å². The second-order valence-electron chi connectivity index (χ2n) is 8.06. The molecule has 178 valence electrons. The standard InChI is InChI=1S/C24H19F4NO4S/c25-18-5-7-19(8-6-18)33-23-9-4-15(14-29-23)10-22(30)16-11-21(12-16)34(31,32)20-3-1-2-17(13-20)24(26,27)28/h1-9,13-14,16,21H,10-12H2. The Balaban J connectivity index is 1.33. The Kier molecular flexibility index (Phi) is 6.44. The molecular weight excluding hydrogens is 474 g/mol. The van der Waals surface area contributed by atoms with Gasteiger partial charge in [-0.2, -0.15) is 13.2 Å². The van der Waals surface area contributed by atoms with Gasteiger partial charge in [0.15, 0.2) is 9.84 Å². The van der Waals surface area contributed by atoms with E-state index in [1.54, 1.807) is 12.1 Å². The van der Waals surface area contributed by atoms with Crippen LogP contribution in [-0.2, 0) is 27.2 Å². The van der Waals surface area contributed by atoms with E-state index in [1.807, 2.05) is 0 Å². The van der Waals surface area contributed by atoms with Crippen LogP contribution in [0.15, 0.2) is 71.8 Å². The molecule has 0 aliphatic heterocycles. The van der Waals surface area contributed by atoms with Gasteiger partial charge in [-0.1, -0.05) is 12.1 Å². The molecule has 2 aromatic carbocycles. The highest BCUT2D eigenvalue weighted by atomic mass is 32.2. The summed E-state index contributed by atoms with van der Waals surface area (Å²) >= 11 is 0. The van der Waals surface area contributed by atoms with Crippen LogP contribution < -0.4 is 4.74 Å². The lowest BCUT2D eigenvalue weighted by Gasteiger charge is -2.33. The predicted octanol–water partition coefficient (Wildman–Crippen LogP) is 5.40. The van der Waals surface area contributed by atoms with Crippen molar-refractivity contribution in [1.82, 2.24) is 4.98 Å². The lowest BCUT2D eigenvalue weighted by molar-refractivity contribution is -0.137. The van der Waals surface area contributed by atoms with Gasteiger partial charge in [0.25, 0.3) is 0 Å². The monoisotopic (exact) mass is 493 g/mol. The van der Waals surface area contributed by atoms with Crippen LogP contribution in [-0.4, -0.2) is 24.4 Å². The third-order valence-corrected chi connectivity index (χ3v) is 7.86. The van der Waals surface area contributed by atoms with E-state index in [0.29, 0.717) is 17.4 Å². The fourth-order valence-corrected chi connectivity index (χ4v) is 5.58. The van der Waals surface area contributed by atoms with Crippen molar-refractivity contribution in [3.8, 4) is 11.6 Å². The molecule has 1 aliphatic carbocycles. The Morgan fingerprint density at radius 1 is 1.03 bits per heavy atom. The number of hydrogen-bond donors (Lipinski definition) is 0. The van der Waals surface area contributed by atoms with Gasteiger partial charge in [0, 0.05) is 24.6 Å². The van der Waals surface area contributed by atoms with E-state index in [9.17, 15) is 30.8 Å². The minimum Gasteiger partial charge on any atom is -0.439 e. The number of sulfone groups is 1. The number of hydrogen-bond acceptors (Lipinski definition) is 5. The van der Waals surface area contributed by atoms with Gasteiger partial charge in [0.1, 0.15) is 17.3 Å². The number of benzene rings is 2. The molecule has 0 radical (unpaired) electrons. The van der Waals surface area contributed by atoms with Gasteiger partial charge in [-0.3, -0.25) is 4.79 Å². The molecular formula is C24H19F4NO4S. The van der Waals surface area contributed by atoms with Gasteiger partial charge >= 0.3 is 6.18 Å². The molecule has 0 N–H and O–H groups in total. The van der Waals surface area contributed by atoms with E-state index in [1.165, 1.54) is 30.5 Å². The molecule has 0 bridgehead atoms. The highest BCUT2D eigenvalue weighted by Gasteiger charge is 2.43. The Labute approximate surface area is 193 Å². The van der Waals surface area contributed by atoms with Crippen LogP contribution >= 0.6 is 0 Å². The molecule has 10 heteroatoms. The first-order chi connectivity index (χ1) is 16.0. The molecule has 4 rings (SSSR count). The topological polar surface area (TPSA) is 73.3 Å². The van der Waals surface area contributed by atoms with Crippen molar-refractivity contribution in [2.45, 2.75) is 35.6 Å². The van der Waals surface area contributed by atoms with Crippen molar-refractivity contribution in [2.24, 2.45) is 5.92 Å². The first kappa shape index (κ1) is 23.9. The molecule has 0 spiro atoms. The maximum atomic E-state index is 13.0. The Bertz CT molecular complexity index is 1280. The lowest BCUT2D eigenvalue weighted by Crippen LogP contribution is -2.40. The number of ether oxygens (including phenoxy) is 1. The quantitative estimate of drug-likeness (QED) is 0.413. The van der Waals surface area contributed by atoms with E-state index in [2.05, 4.69) is 4.98 Å². The van der Waals surface area contributed by atoms with Crippen molar-refractivity contribution >= 4 is 15.6 Å². The minimum absolute atomic E-state index is 0.0464. The number of halogens is 4.